The zero-order chi connectivity index (χ0) is 22.7. The minimum atomic E-state index is -0.807. The third-order valence-corrected chi connectivity index (χ3v) is 5.35. The standard InChI is InChI=1S/C23H26N2O6/c1-5-12(2)20(22(24)27)25-18(26)11-16-19-17(10-13(3)30-23(19)28)31-21(16)14-6-8-15(29-4)9-7-14/h6-10,12,20H,5,11H2,1-4H3,(H2,24,27)(H,25,26)/t12-,20-/m0/s1. The van der Waals surface area contributed by atoms with E-state index in [0.717, 1.165) is 0 Å². The molecule has 8 nitrogen and oxygen atoms in total. The number of aryl methyl sites for hydroxylation is 1. The molecule has 1 aromatic carbocycles. The number of carbonyl (C=O) groups is 2. The van der Waals surface area contributed by atoms with Crippen molar-refractivity contribution in [3.05, 3.63) is 52.1 Å². The van der Waals surface area contributed by atoms with E-state index in [4.69, 9.17) is 19.3 Å². The summed E-state index contributed by atoms with van der Waals surface area (Å²) in [6, 6.07) is 7.86. The lowest BCUT2D eigenvalue weighted by Gasteiger charge is -2.21. The summed E-state index contributed by atoms with van der Waals surface area (Å²) in [5.74, 6) is 0.259. The molecule has 31 heavy (non-hydrogen) atoms. The number of nitrogens with one attached hydrogen (secondary N) is 1. The Labute approximate surface area is 179 Å². The van der Waals surface area contributed by atoms with Crippen LogP contribution in [0.1, 0.15) is 31.6 Å². The van der Waals surface area contributed by atoms with Crippen LogP contribution in [0, 0.1) is 12.8 Å². The molecule has 2 aromatic heterocycles. The van der Waals surface area contributed by atoms with Crippen molar-refractivity contribution in [3.8, 4) is 17.1 Å². The van der Waals surface area contributed by atoms with Crippen LogP contribution in [0.4, 0.5) is 0 Å². The van der Waals surface area contributed by atoms with Gasteiger partial charge in [-0.05, 0) is 37.1 Å². The number of nitrogens with two attached hydrogens (primary N) is 1. The summed E-state index contributed by atoms with van der Waals surface area (Å²) in [5.41, 5.74) is 6.27. The summed E-state index contributed by atoms with van der Waals surface area (Å²) in [7, 11) is 1.56. The number of methoxy groups -OCH3 is 1. The van der Waals surface area contributed by atoms with Crippen molar-refractivity contribution in [2.24, 2.45) is 11.7 Å². The Bertz CT molecular complexity index is 1160. The summed E-state index contributed by atoms with van der Waals surface area (Å²) < 4.78 is 16.4. The van der Waals surface area contributed by atoms with Crippen LogP contribution in [-0.4, -0.2) is 25.0 Å². The van der Waals surface area contributed by atoms with Gasteiger partial charge in [0.1, 0.15) is 34.3 Å². The first-order valence-corrected chi connectivity index (χ1v) is 10.0. The van der Waals surface area contributed by atoms with Gasteiger partial charge in [-0.25, -0.2) is 4.79 Å². The minimum absolute atomic E-state index is 0.128. The summed E-state index contributed by atoms with van der Waals surface area (Å²) in [5, 5.41) is 2.89. The van der Waals surface area contributed by atoms with Gasteiger partial charge in [-0.2, -0.15) is 0 Å². The second-order valence-electron chi connectivity index (χ2n) is 7.53. The van der Waals surface area contributed by atoms with E-state index in [-0.39, 0.29) is 17.7 Å². The number of carbonyl (C=O) groups excluding carboxylic acids is 2. The van der Waals surface area contributed by atoms with Crippen molar-refractivity contribution in [1.82, 2.24) is 5.32 Å². The van der Waals surface area contributed by atoms with Gasteiger partial charge in [0, 0.05) is 17.2 Å². The van der Waals surface area contributed by atoms with Gasteiger partial charge in [0.2, 0.25) is 11.8 Å². The van der Waals surface area contributed by atoms with Gasteiger partial charge in [-0.15, -0.1) is 0 Å². The Balaban J connectivity index is 2.05. The minimum Gasteiger partial charge on any atom is -0.497 e. The summed E-state index contributed by atoms with van der Waals surface area (Å²) >= 11 is 0. The summed E-state index contributed by atoms with van der Waals surface area (Å²) in [6.07, 6.45) is 0.491. The molecule has 0 unspecified atom stereocenters. The molecule has 0 saturated heterocycles. The number of amides is 2. The lowest BCUT2D eigenvalue weighted by molar-refractivity contribution is -0.128. The predicted molar refractivity (Wildman–Crippen MR) is 116 cm³/mol. The fourth-order valence-electron chi connectivity index (χ4n) is 3.48. The van der Waals surface area contributed by atoms with Crippen LogP contribution >= 0.6 is 0 Å². The average molecular weight is 426 g/mol. The van der Waals surface area contributed by atoms with Crippen molar-refractivity contribution >= 4 is 22.8 Å². The molecular weight excluding hydrogens is 400 g/mol. The predicted octanol–water partition coefficient (Wildman–Crippen LogP) is 2.93. The second-order valence-corrected chi connectivity index (χ2v) is 7.53. The molecule has 0 fully saturated rings. The number of rotatable bonds is 8. The molecule has 0 radical (unpaired) electrons. The highest BCUT2D eigenvalue weighted by atomic mass is 16.5. The Morgan fingerprint density at radius 1 is 1.19 bits per heavy atom. The van der Waals surface area contributed by atoms with Crippen LogP contribution in [-0.2, 0) is 16.0 Å². The third kappa shape index (κ3) is 4.63. The molecule has 3 aromatic rings. The van der Waals surface area contributed by atoms with Gasteiger partial charge in [-0.1, -0.05) is 20.3 Å². The molecule has 0 saturated carbocycles. The average Bonchev–Trinajstić information content (AvgIpc) is 3.09. The zero-order valence-corrected chi connectivity index (χ0v) is 18.0. The fourth-order valence-corrected chi connectivity index (χ4v) is 3.48. The fraction of sp³-hybridized carbons (Fsp3) is 0.348. The van der Waals surface area contributed by atoms with Crippen molar-refractivity contribution in [2.45, 2.75) is 39.7 Å². The lowest BCUT2D eigenvalue weighted by Crippen LogP contribution is -2.48. The molecule has 0 bridgehead atoms. The SMILES string of the molecule is CC[C@H](C)[C@H](NC(=O)Cc1c(-c2ccc(OC)cc2)oc2cc(C)oc(=O)c12)C(N)=O. The molecular formula is C23H26N2O6. The molecule has 164 valence electrons. The van der Waals surface area contributed by atoms with E-state index >= 15 is 0 Å². The normalized spacial score (nSPS) is 13.0. The van der Waals surface area contributed by atoms with E-state index in [1.165, 1.54) is 0 Å². The quantitative estimate of drug-likeness (QED) is 0.571. The van der Waals surface area contributed by atoms with Crippen molar-refractivity contribution in [3.63, 3.8) is 0 Å². The van der Waals surface area contributed by atoms with Gasteiger partial charge >= 0.3 is 5.63 Å². The van der Waals surface area contributed by atoms with E-state index in [9.17, 15) is 14.4 Å². The molecule has 0 spiro atoms. The number of ether oxygens (including phenoxy) is 1. The summed E-state index contributed by atoms with van der Waals surface area (Å²) in [4.78, 5) is 37.2. The van der Waals surface area contributed by atoms with Crippen LogP contribution in [0.25, 0.3) is 22.3 Å². The number of fused-ring (bicyclic) bond motifs is 1. The van der Waals surface area contributed by atoms with Crippen LogP contribution in [0.5, 0.6) is 5.75 Å². The first-order valence-electron chi connectivity index (χ1n) is 10.0. The maximum absolute atomic E-state index is 12.8. The largest absolute Gasteiger partial charge is 0.497 e. The maximum atomic E-state index is 12.8. The smallest absolute Gasteiger partial charge is 0.347 e. The van der Waals surface area contributed by atoms with Crippen LogP contribution in [0.15, 0.2) is 44.0 Å². The first-order chi connectivity index (χ1) is 14.7. The van der Waals surface area contributed by atoms with Crippen LogP contribution in [0.3, 0.4) is 0 Å². The van der Waals surface area contributed by atoms with Crippen LogP contribution < -0.4 is 21.4 Å². The Morgan fingerprint density at radius 3 is 2.45 bits per heavy atom. The Kier molecular flexibility index (Phi) is 6.48. The van der Waals surface area contributed by atoms with Crippen molar-refractivity contribution in [1.29, 1.82) is 0 Å². The second kappa shape index (κ2) is 9.07. The highest BCUT2D eigenvalue weighted by Gasteiger charge is 2.27. The summed E-state index contributed by atoms with van der Waals surface area (Å²) in [6.45, 7) is 5.39. The van der Waals surface area contributed by atoms with Gasteiger partial charge in [0.25, 0.3) is 0 Å². The monoisotopic (exact) mass is 426 g/mol. The lowest BCUT2D eigenvalue weighted by atomic mass is 9.97. The molecule has 0 aliphatic rings. The highest BCUT2D eigenvalue weighted by Crippen LogP contribution is 2.33. The molecule has 3 N–H and O–H groups in total. The van der Waals surface area contributed by atoms with Gasteiger partial charge < -0.3 is 24.6 Å². The first kappa shape index (κ1) is 22.1. The van der Waals surface area contributed by atoms with E-state index in [0.29, 0.717) is 40.4 Å². The molecule has 8 heteroatoms. The number of furan rings is 1. The molecule has 0 aliphatic carbocycles. The van der Waals surface area contributed by atoms with E-state index < -0.39 is 23.5 Å². The maximum Gasteiger partial charge on any atom is 0.347 e. The molecule has 0 aliphatic heterocycles. The Morgan fingerprint density at radius 2 is 1.87 bits per heavy atom. The number of primary amides is 1. The van der Waals surface area contributed by atoms with E-state index in [1.807, 2.05) is 13.8 Å². The van der Waals surface area contributed by atoms with Gasteiger partial charge in [0.05, 0.1) is 13.5 Å². The number of hydrogen-bond donors (Lipinski definition) is 2. The zero-order valence-electron chi connectivity index (χ0n) is 18.0. The topological polar surface area (TPSA) is 125 Å². The van der Waals surface area contributed by atoms with E-state index in [1.54, 1.807) is 44.4 Å². The van der Waals surface area contributed by atoms with Crippen molar-refractivity contribution in [2.75, 3.05) is 7.11 Å². The van der Waals surface area contributed by atoms with Gasteiger partial charge in [0.15, 0.2) is 0 Å². The number of benzene rings is 1. The number of hydrogen-bond acceptors (Lipinski definition) is 6. The third-order valence-electron chi connectivity index (χ3n) is 5.35. The Hall–Kier alpha value is -3.55. The van der Waals surface area contributed by atoms with Crippen molar-refractivity contribution < 1.29 is 23.2 Å². The highest BCUT2D eigenvalue weighted by molar-refractivity contribution is 5.94. The molecule has 3 rings (SSSR count). The van der Waals surface area contributed by atoms with Gasteiger partial charge in [-0.3, -0.25) is 9.59 Å². The van der Waals surface area contributed by atoms with Crippen LogP contribution in [0.2, 0.25) is 0 Å². The molecule has 2 amide bonds. The molecule has 2 atom stereocenters. The molecule has 2 heterocycles. The van der Waals surface area contributed by atoms with E-state index in [2.05, 4.69) is 5.32 Å².